The molecule has 6 nitrogen and oxygen atoms in total. The maximum Gasteiger partial charge on any atom is 0.277 e. The molecule has 104 valence electrons. The minimum absolute atomic E-state index is 0.417. The zero-order chi connectivity index (χ0) is 14.6. The first-order valence-corrected chi connectivity index (χ1v) is 5.06. The number of rotatable bonds is 5. The van der Waals surface area contributed by atoms with Crippen LogP contribution in [-0.2, 0) is 0 Å². The lowest BCUT2D eigenvalue weighted by molar-refractivity contribution is -0.385. The molecule has 1 rings (SSSR count). The third kappa shape index (κ3) is 4.21. The van der Waals surface area contributed by atoms with Gasteiger partial charge in [-0.1, -0.05) is 0 Å². The van der Waals surface area contributed by atoms with Gasteiger partial charge in [-0.25, -0.2) is 13.2 Å². The van der Waals surface area contributed by atoms with E-state index in [1.165, 1.54) is 0 Å². The molecule has 0 aliphatic rings. The number of hydrogen-bond acceptors (Lipinski definition) is 4. The van der Waals surface area contributed by atoms with Gasteiger partial charge in [0.05, 0.1) is 24.1 Å². The topological polar surface area (TPSA) is 98.3 Å². The number of nitro benzene ring substituents is 1. The van der Waals surface area contributed by atoms with Crippen LogP contribution in [0.1, 0.15) is 10.4 Å². The molecule has 0 spiro atoms. The molecule has 1 aromatic rings. The van der Waals surface area contributed by atoms with Gasteiger partial charge in [0.25, 0.3) is 17.5 Å². The standard InChI is InChI=1S/C10H10F3N3O3/c11-7-1-6(2-8(3-7)16(18)19)9(17)15-5-10(12,13)4-14/h1-3H,4-5,14H2,(H,15,17). The van der Waals surface area contributed by atoms with E-state index in [2.05, 4.69) is 0 Å². The van der Waals surface area contributed by atoms with Crippen molar-refractivity contribution in [1.82, 2.24) is 5.32 Å². The Morgan fingerprint density at radius 1 is 1.42 bits per heavy atom. The second kappa shape index (κ2) is 5.65. The molecule has 1 amide bonds. The largest absolute Gasteiger partial charge is 0.346 e. The average Bonchev–Trinajstić information content (AvgIpc) is 2.35. The maximum absolute atomic E-state index is 13.0. The molecule has 0 aliphatic carbocycles. The lowest BCUT2D eigenvalue weighted by Crippen LogP contribution is -2.41. The summed E-state index contributed by atoms with van der Waals surface area (Å²) in [4.78, 5) is 21.0. The van der Waals surface area contributed by atoms with Crippen molar-refractivity contribution in [2.75, 3.05) is 13.1 Å². The lowest BCUT2D eigenvalue weighted by Gasteiger charge is -2.14. The van der Waals surface area contributed by atoms with E-state index >= 15 is 0 Å². The number of alkyl halides is 2. The second-order valence-corrected chi connectivity index (χ2v) is 3.70. The summed E-state index contributed by atoms with van der Waals surface area (Å²) >= 11 is 0. The summed E-state index contributed by atoms with van der Waals surface area (Å²) < 4.78 is 38.6. The summed E-state index contributed by atoms with van der Waals surface area (Å²) in [6.07, 6.45) is 0. The first-order valence-electron chi connectivity index (χ1n) is 5.06. The molecule has 0 bridgehead atoms. The van der Waals surface area contributed by atoms with E-state index in [4.69, 9.17) is 5.73 Å². The zero-order valence-electron chi connectivity index (χ0n) is 9.53. The van der Waals surface area contributed by atoms with Crippen LogP contribution >= 0.6 is 0 Å². The van der Waals surface area contributed by atoms with Gasteiger partial charge in [-0.3, -0.25) is 14.9 Å². The molecule has 0 atom stereocenters. The Balaban J connectivity index is 2.85. The summed E-state index contributed by atoms with van der Waals surface area (Å²) in [6, 6.07) is 2.12. The molecule has 0 heterocycles. The van der Waals surface area contributed by atoms with Crippen LogP contribution in [0, 0.1) is 15.9 Å². The van der Waals surface area contributed by atoms with E-state index in [9.17, 15) is 28.1 Å². The molecule has 0 aliphatic heterocycles. The number of nitrogens with two attached hydrogens (primary N) is 1. The van der Waals surface area contributed by atoms with Crippen molar-refractivity contribution in [3.8, 4) is 0 Å². The van der Waals surface area contributed by atoms with Crippen LogP contribution in [0.5, 0.6) is 0 Å². The van der Waals surface area contributed by atoms with Crippen LogP contribution < -0.4 is 11.1 Å². The number of nitrogens with one attached hydrogen (secondary N) is 1. The predicted octanol–water partition coefficient (Wildman–Crippen LogP) is 1.06. The predicted molar refractivity (Wildman–Crippen MR) is 59.4 cm³/mol. The normalized spacial score (nSPS) is 11.2. The van der Waals surface area contributed by atoms with Gasteiger partial charge in [-0.2, -0.15) is 0 Å². The molecule has 0 aromatic heterocycles. The highest BCUT2D eigenvalue weighted by Gasteiger charge is 2.27. The third-order valence-electron chi connectivity index (χ3n) is 2.16. The molecule has 0 radical (unpaired) electrons. The fraction of sp³-hybridized carbons (Fsp3) is 0.300. The van der Waals surface area contributed by atoms with E-state index in [1.54, 1.807) is 0 Å². The minimum atomic E-state index is -3.30. The van der Waals surface area contributed by atoms with E-state index in [0.717, 1.165) is 6.07 Å². The molecule has 1 aromatic carbocycles. The Kier molecular flexibility index (Phi) is 4.43. The van der Waals surface area contributed by atoms with Crippen molar-refractivity contribution in [3.63, 3.8) is 0 Å². The van der Waals surface area contributed by atoms with Crippen molar-refractivity contribution in [2.24, 2.45) is 5.73 Å². The zero-order valence-corrected chi connectivity index (χ0v) is 9.53. The van der Waals surface area contributed by atoms with Crippen LogP contribution in [0.25, 0.3) is 0 Å². The highest BCUT2D eigenvalue weighted by atomic mass is 19.3. The Hall–Kier alpha value is -2.16. The molecule has 0 saturated heterocycles. The SMILES string of the molecule is NCC(F)(F)CNC(=O)c1cc(F)cc([N+](=O)[O-])c1. The van der Waals surface area contributed by atoms with Crippen LogP contribution in [0.15, 0.2) is 18.2 Å². The van der Waals surface area contributed by atoms with Gasteiger partial charge >= 0.3 is 0 Å². The number of halogens is 3. The molecular formula is C10H10F3N3O3. The second-order valence-electron chi connectivity index (χ2n) is 3.70. The number of benzene rings is 1. The van der Waals surface area contributed by atoms with Gasteiger partial charge < -0.3 is 11.1 Å². The fourth-order valence-electron chi connectivity index (χ4n) is 1.19. The monoisotopic (exact) mass is 277 g/mol. The Bertz CT molecular complexity index is 508. The van der Waals surface area contributed by atoms with Gasteiger partial charge in [0.1, 0.15) is 5.82 Å². The van der Waals surface area contributed by atoms with Gasteiger partial charge in [-0.15, -0.1) is 0 Å². The molecule has 0 unspecified atom stereocenters. The lowest BCUT2D eigenvalue weighted by atomic mass is 10.2. The van der Waals surface area contributed by atoms with Crippen molar-refractivity contribution in [3.05, 3.63) is 39.7 Å². The Morgan fingerprint density at radius 2 is 2.05 bits per heavy atom. The number of carbonyl (C=O) groups is 1. The van der Waals surface area contributed by atoms with Crippen LogP contribution in [-0.4, -0.2) is 29.8 Å². The Morgan fingerprint density at radius 3 is 2.58 bits per heavy atom. The fourth-order valence-corrected chi connectivity index (χ4v) is 1.19. The summed E-state index contributed by atoms with van der Waals surface area (Å²) in [6.45, 7) is -2.00. The van der Waals surface area contributed by atoms with Crippen LogP contribution in [0.4, 0.5) is 18.9 Å². The highest BCUT2D eigenvalue weighted by molar-refractivity contribution is 5.94. The summed E-state index contributed by atoms with van der Waals surface area (Å²) in [5.74, 6) is -5.35. The molecule has 19 heavy (non-hydrogen) atoms. The minimum Gasteiger partial charge on any atom is -0.346 e. The van der Waals surface area contributed by atoms with Gasteiger partial charge in [0, 0.05) is 11.6 Å². The summed E-state index contributed by atoms with van der Waals surface area (Å²) in [7, 11) is 0. The third-order valence-corrected chi connectivity index (χ3v) is 2.16. The quantitative estimate of drug-likeness (QED) is 0.621. The van der Waals surface area contributed by atoms with Crippen LogP contribution in [0.3, 0.4) is 0 Å². The van der Waals surface area contributed by atoms with E-state index < -0.39 is 46.9 Å². The van der Waals surface area contributed by atoms with E-state index in [1.807, 2.05) is 5.32 Å². The number of carbonyl (C=O) groups excluding carboxylic acids is 1. The van der Waals surface area contributed by atoms with Crippen molar-refractivity contribution >= 4 is 11.6 Å². The summed E-state index contributed by atoms with van der Waals surface area (Å²) in [5, 5.41) is 12.3. The number of nitrogens with zero attached hydrogens (tertiary/aromatic N) is 1. The van der Waals surface area contributed by atoms with Crippen molar-refractivity contribution < 1.29 is 22.9 Å². The van der Waals surface area contributed by atoms with E-state index in [0.29, 0.717) is 12.1 Å². The average molecular weight is 277 g/mol. The van der Waals surface area contributed by atoms with Gasteiger partial charge in [-0.05, 0) is 6.07 Å². The van der Waals surface area contributed by atoms with Crippen molar-refractivity contribution in [2.45, 2.75) is 5.92 Å². The number of amides is 1. The van der Waals surface area contributed by atoms with Gasteiger partial charge in [0.15, 0.2) is 0 Å². The summed E-state index contributed by atoms with van der Waals surface area (Å²) in [5.41, 5.74) is 3.71. The Labute approximate surface area is 105 Å². The molecular weight excluding hydrogens is 267 g/mol. The van der Waals surface area contributed by atoms with Crippen LogP contribution in [0.2, 0.25) is 0 Å². The number of nitro groups is 1. The maximum atomic E-state index is 13.0. The molecule has 3 N–H and O–H groups in total. The highest BCUT2D eigenvalue weighted by Crippen LogP contribution is 2.16. The van der Waals surface area contributed by atoms with Gasteiger partial charge in [0.2, 0.25) is 0 Å². The number of hydrogen-bond donors (Lipinski definition) is 2. The molecule has 0 fully saturated rings. The molecule has 9 heteroatoms. The first-order chi connectivity index (χ1) is 8.75. The van der Waals surface area contributed by atoms with Crippen molar-refractivity contribution in [1.29, 1.82) is 0 Å². The number of non-ortho nitro benzene ring substituents is 1. The van der Waals surface area contributed by atoms with E-state index in [-0.39, 0.29) is 0 Å². The molecule has 0 saturated carbocycles. The smallest absolute Gasteiger partial charge is 0.277 e. The first kappa shape index (κ1) is 14.9.